The second kappa shape index (κ2) is 5.87. The van der Waals surface area contributed by atoms with Gasteiger partial charge in [0, 0.05) is 41.4 Å². The van der Waals surface area contributed by atoms with Gasteiger partial charge < -0.3 is 10.3 Å². The summed E-state index contributed by atoms with van der Waals surface area (Å²) in [6, 6.07) is 5.68. The summed E-state index contributed by atoms with van der Waals surface area (Å²) in [5, 5.41) is 0.710. The number of halogens is 2. The van der Waals surface area contributed by atoms with Gasteiger partial charge in [-0.1, -0.05) is 33.6 Å². The Morgan fingerprint density at radius 1 is 1.50 bits per heavy atom. The van der Waals surface area contributed by atoms with Crippen molar-refractivity contribution in [3.05, 3.63) is 51.5 Å². The van der Waals surface area contributed by atoms with Crippen molar-refractivity contribution in [1.82, 2.24) is 9.55 Å². The van der Waals surface area contributed by atoms with E-state index in [2.05, 4.69) is 20.9 Å². The van der Waals surface area contributed by atoms with Crippen molar-refractivity contribution >= 4 is 27.5 Å². The monoisotopic (exact) mass is 327 g/mol. The molecule has 1 atom stereocenters. The highest BCUT2D eigenvalue weighted by molar-refractivity contribution is 9.10. The van der Waals surface area contributed by atoms with E-state index in [1.54, 1.807) is 6.20 Å². The molecule has 1 aromatic heterocycles. The number of aromatic nitrogens is 2. The minimum absolute atomic E-state index is 0.0201. The molecule has 96 valence electrons. The van der Waals surface area contributed by atoms with E-state index < -0.39 is 0 Å². The van der Waals surface area contributed by atoms with Crippen LogP contribution in [0.3, 0.4) is 0 Å². The van der Waals surface area contributed by atoms with Gasteiger partial charge in [0.1, 0.15) is 5.82 Å². The predicted molar refractivity (Wildman–Crippen MR) is 77.6 cm³/mol. The Bertz CT molecular complexity index is 539. The number of nitrogens with two attached hydrogens (primary N) is 1. The topological polar surface area (TPSA) is 43.8 Å². The summed E-state index contributed by atoms with van der Waals surface area (Å²) in [6.07, 6.45) is 5.46. The zero-order chi connectivity index (χ0) is 13.1. The largest absolute Gasteiger partial charge is 0.338 e. The molecule has 0 aliphatic rings. The van der Waals surface area contributed by atoms with Crippen LogP contribution in [0.4, 0.5) is 0 Å². The van der Waals surface area contributed by atoms with Crippen LogP contribution in [0.15, 0.2) is 35.1 Å². The highest BCUT2D eigenvalue weighted by atomic mass is 79.9. The van der Waals surface area contributed by atoms with E-state index in [9.17, 15) is 0 Å². The van der Waals surface area contributed by atoms with Gasteiger partial charge in [-0.2, -0.15) is 0 Å². The maximum atomic E-state index is 6.20. The molecule has 0 amide bonds. The average Bonchev–Trinajstić information content (AvgIpc) is 2.72. The highest BCUT2D eigenvalue weighted by Crippen LogP contribution is 2.27. The van der Waals surface area contributed by atoms with Crippen LogP contribution in [0.25, 0.3) is 0 Å². The molecule has 2 rings (SSSR count). The first-order chi connectivity index (χ1) is 8.58. The van der Waals surface area contributed by atoms with Gasteiger partial charge in [-0.25, -0.2) is 4.98 Å². The molecular weight excluding hydrogens is 314 g/mol. The summed E-state index contributed by atoms with van der Waals surface area (Å²) in [6.45, 7) is 0. The minimum atomic E-state index is -0.0201. The molecule has 0 fully saturated rings. The fraction of sp³-hybridized carbons (Fsp3) is 0.308. The van der Waals surface area contributed by atoms with Gasteiger partial charge in [0.25, 0.3) is 0 Å². The molecule has 0 spiro atoms. The van der Waals surface area contributed by atoms with Crippen LogP contribution in [-0.4, -0.2) is 9.55 Å². The summed E-state index contributed by atoms with van der Waals surface area (Å²) in [5.41, 5.74) is 7.28. The second-order valence-electron chi connectivity index (χ2n) is 4.27. The zero-order valence-electron chi connectivity index (χ0n) is 10.1. The highest BCUT2D eigenvalue weighted by Gasteiger charge is 2.11. The SMILES string of the molecule is Cn1ccnc1CCC(N)c1ccc(Cl)cc1Br. The van der Waals surface area contributed by atoms with E-state index in [0.29, 0.717) is 5.02 Å². The van der Waals surface area contributed by atoms with Gasteiger partial charge >= 0.3 is 0 Å². The lowest BCUT2D eigenvalue weighted by Crippen LogP contribution is -2.13. The number of rotatable bonds is 4. The third-order valence-electron chi connectivity index (χ3n) is 2.96. The van der Waals surface area contributed by atoms with Crippen molar-refractivity contribution < 1.29 is 0 Å². The van der Waals surface area contributed by atoms with Crippen LogP contribution in [0.1, 0.15) is 23.9 Å². The molecule has 0 aliphatic heterocycles. The molecule has 0 bridgehead atoms. The first-order valence-electron chi connectivity index (χ1n) is 5.74. The molecule has 1 unspecified atom stereocenters. The lowest BCUT2D eigenvalue weighted by atomic mass is 10.0. The Hall–Kier alpha value is -0.840. The van der Waals surface area contributed by atoms with Crippen LogP contribution in [0.5, 0.6) is 0 Å². The number of hydrogen-bond donors (Lipinski definition) is 1. The van der Waals surface area contributed by atoms with Gasteiger partial charge in [-0.05, 0) is 24.1 Å². The number of hydrogen-bond acceptors (Lipinski definition) is 2. The van der Waals surface area contributed by atoms with Gasteiger partial charge in [0.05, 0.1) is 0 Å². The van der Waals surface area contributed by atoms with Crippen LogP contribution in [0.2, 0.25) is 5.02 Å². The van der Waals surface area contributed by atoms with Crippen molar-refractivity contribution in [2.45, 2.75) is 18.9 Å². The average molecular weight is 329 g/mol. The Morgan fingerprint density at radius 2 is 2.28 bits per heavy atom. The van der Waals surface area contributed by atoms with E-state index in [0.717, 1.165) is 28.7 Å². The van der Waals surface area contributed by atoms with Crippen LogP contribution in [0, 0.1) is 0 Å². The Labute approximate surface area is 120 Å². The second-order valence-corrected chi connectivity index (χ2v) is 5.56. The Morgan fingerprint density at radius 3 is 2.89 bits per heavy atom. The van der Waals surface area contributed by atoms with Gasteiger partial charge in [0.2, 0.25) is 0 Å². The first-order valence-corrected chi connectivity index (χ1v) is 6.91. The molecule has 0 saturated carbocycles. The lowest BCUT2D eigenvalue weighted by molar-refractivity contribution is 0.619. The fourth-order valence-electron chi connectivity index (χ4n) is 1.88. The van der Waals surface area contributed by atoms with Gasteiger partial charge in [-0.3, -0.25) is 0 Å². The van der Waals surface area contributed by atoms with Crippen molar-refractivity contribution in [1.29, 1.82) is 0 Å². The molecule has 2 N–H and O–H groups in total. The smallest absolute Gasteiger partial charge is 0.108 e. The minimum Gasteiger partial charge on any atom is -0.338 e. The summed E-state index contributed by atoms with van der Waals surface area (Å²) < 4.78 is 2.98. The Balaban J connectivity index is 2.03. The van der Waals surface area contributed by atoms with Crippen LogP contribution < -0.4 is 5.73 Å². The molecule has 0 saturated heterocycles. The third-order valence-corrected chi connectivity index (χ3v) is 3.88. The zero-order valence-corrected chi connectivity index (χ0v) is 12.4. The maximum Gasteiger partial charge on any atom is 0.108 e. The summed E-state index contributed by atoms with van der Waals surface area (Å²) in [7, 11) is 1.99. The van der Waals surface area contributed by atoms with Crippen molar-refractivity contribution in [3.63, 3.8) is 0 Å². The van der Waals surface area contributed by atoms with Crippen LogP contribution in [-0.2, 0) is 13.5 Å². The van der Waals surface area contributed by atoms with E-state index in [4.69, 9.17) is 17.3 Å². The number of aryl methyl sites for hydroxylation is 2. The molecule has 3 nitrogen and oxygen atoms in total. The number of benzene rings is 1. The first kappa shape index (κ1) is 13.6. The normalized spacial score (nSPS) is 12.7. The van der Waals surface area contributed by atoms with Crippen molar-refractivity contribution in [3.8, 4) is 0 Å². The van der Waals surface area contributed by atoms with Crippen LogP contribution >= 0.6 is 27.5 Å². The molecule has 1 heterocycles. The van der Waals surface area contributed by atoms with E-state index in [1.807, 2.05) is 36.0 Å². The van der Waals surface area contributed by atoms with E-state index in [1.165, 1.54) is 0 Å². The van der Waals surface area contributed by atoms with Crippen molar-refractivity contribution in [2.75, 3.05) is 0 Å². The molecule has 5 heteroatoms. The van der Waals surface area contributed by atoms with Gasteiger partial charge in [0.15, 0.2) is 0 Å². The maximum absolute atomic E-state index is 6.20. The fourth-order valence-corrected chi connectivity index (χ4v) is 2.86. The molecule has 1 aromatic carbocycles. The molecule has 2 aromatic rings. The number of imidazole rings is 1. The third kappa shape index (κ3) is 3.13. The van der Waals surface area contributed by atoms with E-state index in [-0.39, 0.29) is 6.04 Å². The summed E-state index contributed by atoms with van der Waals surface area (Å²) >= 11 is 9.41. The molecule has 18 heavy (non-hydrogen) atoms. The Kier molecular flexibility index (Phi) is 4.43. The number of nitrogens with zero attached hydrogens (tertiary/aromatic N) is 2. The quantitative estimate of drug-likeness (QED) is 0.934. The molecular formula is C13H15BrClN3. The van der Waals surface area contributed by atoms with Gasteiger partial charge in [-0.15, -0.1) is 0 Å². The standard InChI is InChI=1S/C13H15BrClN3/c1-18-7-6-17-13(18)5-4-12(16)10-3-2-9(15)8-11(10)14/h2-3,6-8,12H,4-5,16H2,1H3. The molecule has 0 radical (unpaired) electrons. The summed E-state index contributed by atoms with van der Waals surface area (Å²) in [4.78, 5) is 4.29. The molecule has 0 aliphatic carbocycles. The predicted octanol–water partition coefficient (Wildman–Crippen LogP) is 3.47. The van der Waals surface area contributed by atoms with E-state index >= 15 is 0 Å². The lowest BCUT2D eigenvalue weighted by Gasteiger charge is -2.14. The van der Waals surface area contributed by atoms with Crippen molar-refractivity contribution in [2.24, 2.45) is 12.8 Å². The summed E-state index contributed by atoms with van der Waals surface area (Å²) in [5.74, 6) is 1.05.